The molecule has 0 aliphatic heterocycles. The predicted molar refractivity (Wildman–Crippen MR) is 125 cm³/mol. The zero-order valence-corrected chi connectivity index (χ0v) is 18.3. The number of carbonyl (C=O) groups is 1. The Hall–Kier alpha value is -4.06. The van der Waals surface area contributed by atoms with Gasteiger partial charge >= 0.3 is 0 Å². The summed E-state index contributed by atoms with van der Waals surface area (Å²) in [5.41, 5.74) is 4.10. The molecule has 3 aromatic carbocycles. The van der Waals surface area contributed by atoms with E-state index in [1.54, 1.807) is 49.6 Å². The van der Waals surface area contributed by atoms with Crippen molar-refractivity contribution >= 4 is 22.6 Å². The first-order chi connectivity index (χ1) is 15.4. The van der Waals surface area contributed by atoms with Crippen LogP contribution < -0.4 is 20.2 Å². The van der Waals surface area contributed by atoms with Crippen molar-refractivity contribution in [3.63, 3.8) is 0 Å². The van der Waals surface area contributed by atoms with Gasteiger partial charge in [-0.15, -0.1) is 0 Å². The third-order valence-electron chi connectivity index (χ3n) is 5.25. The number of ether oxygens (including phenoxy) is 2. The summed E-state index contributed by atoms with van der Waals surface area (Å²) in [4.78, 5) is 25.3. The molecule has 6 nitrogen and oxygen atoms in total. The van der Waals surface area contributed by atoms with E-state index in [9.17, 15) is 9.59 Å². The summed E-state index contributed by atoms with van der Waals surface area (Å²) in [5, 5.41) is 3.41. The monoisotopic (exact) mass is 429 g/mol. The fraction of sp³-hybridized carbons (Fsp3) is 0.154. The van der Waals surface area contributed by atoms with Gasteiger partial charge in [-0.25, -0.2) is 0 Å². The number of carbonyl (C=O) groups excluding carboxylic acids is 1. The van der Waals surface area contributed by atoms with Crippen LogP contribution in [-0.2, 0) is 0 Å². The van der Waals surface area contributed by atoms with Gasteiger partial charge in [-0.3, -0.25) is 9.59 Å². The van der Waals surface area contributed by atoms with Crippen molar-refractivity contribution in [2.75, 3.05) is 19.5 Å². The standard InChI is InChI=1S/C26H23NO5/c1-15-11-16(2)25-20(12-15)22(28)14-23(32-25)17-5-7-18(8-6-17)26(29)27-21-10-9-19(30-3)13-24(21)31-4/h5-14H,1-4H3,(H,27,29). The van der Waals surface area contributed by atoms with Crippen molar-refractivity contribution < 1.29 is 18.7 Å². The Morgan fingerprint density at radius 3 is 2.34 bits per heavy atom. The average Bonchev–Trinajstić information content (AvgIpc) is 2.80. The fourth-order valence-corrected chi connectivity index (χ4v) is 3.63. The van der Waals surface area contributed by atoms with Gasteiger partial charge in [0.1, 0.15) is 22.8 Å². The molecular formula is C26H23NO5. The van der Waals surface area contributed by atoms with Crippen LogP contribution in [0.2, 0.25) is 0 Å². The number of amides is 1. The molecule has 0 saturated carbocycles. The van der Waals surface area contributed by atoms with E-state index >= 15 is 0 Å². The van der Waals surface area contributed by atoms with Crippen molar-refractivity contribution in [3.05, 3.63) is 87.6 Å². The lowest BCUT2D eigenvalue weighted by atomic mass is 10.1. The minimum Gasteiger partial charge on any atom is -0.497 e. The first-order valence-corrected chi connectivity index (χ1v) is 10.1. The van der Waals surface area contributed by atoms with Gasteiger partial charge in [-0.1, -0.05) is 18.2 Å². The van der Waals surface area contributed by atoms with Crippen LogP contribution in [0.15, 0.2) is 69.9 Å². The first kappa shape index (κ1) is 21.2. The number of nitrogens with one attached hydrogen (secondary N) is 1. The molecule has 6 heteroatoms. The second-order valence-electron chi connectivity index (χ2n) is 7.53. The van der Waals surface area contributed by atoms with E-state index in [1.807, 2.05) is 26.0 Å². The van der Waals surface area contributed by atoms with Gasteiger partial charge in [0.15, 0.2) is 5.43 Å². The Bertz CT molecular complexity index is 1370. The summed E-state index contributed by atoms with van der Waals surface area (Å²) >= 11 is 0. The number of anilines is 1. The highest BCUT2D eigenvalue weighted by atomic mass is 16.5. The molecule has 0 saturated heterocycles. The lowest BCUT2D eigenvalue weighted by Crippen LogP contribution is -2.12. The lowest BCUT2D eigenvalue weighted by Gasteiger charge is -2.12. The first-order valence-electron chi connectivity index (χ1n) is 10.1. The van der Waals surface area contributed by atoms with Crippen molar-refractivity contribution in [3.8, 4) is 22.8 Å². The average molecular weight is 429 g/mol. The van der Waals surface area contributed by atoms with Crippen molar-refractivity contribution in [2.24, 2.45) is 0 Å². The zero-order valence-electron chi connectivity index (χ0n) is 18.3. The summed E-state index contributed by atoms with van der Waals surface area (Å²) in [7, 11) is 3.09. The van der Waals surface area contributed by atoms with Gasteiger partial charge in [-0.05, 0) is 55.3 Å². The molecule has 1 heterocycles. The van der Waals surface area contributed by atoms with Crippen LogP contribution in [-0.4, -0.2) is 20.1 Å². The number of aryl methyl sites for hydroxylation is 2. The second kappa shape index (κ2) is 8.59. The zero-order chi connectivity index (χ0) is 22.8. The number of benzene rings is 3. The fourth-order valence-electron chi connectivity index (χ4n) is 3.63. The van der Waals surface area contributed by atoms with Crippen molar-refractivity contribution in [2.45, 2.75) is 13.8 Å². The topological polar surface area (TPSA) is 77.8 Å². The van der Waals surface area contributed by atoms with Crippen LogP contribution >= 0.6 is 0 Å². The number of hydrogen-bond acceptors (Lipinski definition) is 5. The lowest BCUT2D eigenvalue weighted by molar-refractivity contribution is 0.102. The van der Waals surface area contributed by atoms with Gasteiger partial charge in [0.05, 0.1) is 25.3 Å². The Morgan fingerprint density at radius 2 is 1.66 bits per heavy atom. The molecule has 0 unspecified atom stereocenters. The SMILES string of the molecule is COc1ccc(NC(=O)c2ccc(-c3cc(=O)c4cc(C)cc(C)c4o3)cc2)c(OC)c1. The van der Waals surface area contributed by atoms with Crippen molar-refractivity contribution in [1.82, 2.24) is 0 Å². The smallest absolute Gasteiger partial charge is 0.255 e. The summed E-state index contributed by atoms with van der Waals surface area (Å²) in [6.07, 6.45) is 0. The number of rotatable bonds is 5. The molecule has 0 fully saturated rings. The quantitative estimate of drug-likeness (QED) is 0.463. The van der Waals surface area contributed by atoms with Crippen LogP contribution in [0.25, 0.3) is 22.3 Å². The van der Waals surface area contributed by atoms with Crippen LogP contribution in [0.1, 0.15) is 21.5 Å². The normalized spacial score (nSPS) is 10.8. The summed E-state index contributed by atoms with van der Waals surface area (Å²) in [6.45, 7) is 3.87. The maximum absolute atomic E-state index is 12.7. The molecule has 32 heavy (non-hydrogen) atoms. The molecule has 162 valence electrons. The summed E-state index contributed by atoms with van der Waals surface area (Å²) < 4.78 is 16.5. The molecule has 4 aromatic rings. The maximum Gasteiger partial charge on any atom is 0.255 e. The highest BCUT2D eigenvalue weighted by molar-refractivity contribution is 6.05. The van der Waals surface area contributed by atoms with E-state index in [1.165, 1.54) is 13.2 Å². The molecule has 0 aliphatic carbocycles. The molecule has 1 amide bonds. The van der Waals surface area contributed by atoms with E-state index in [2.05, 4.69) is 5.32 Å². The molecule has 0 atom stereocenters. The minimum absolute atomic E-state index is 0.0959. The Labute approximate surface area is 185 Å². The highest BCUT2D eigenvalue weighted by Crippen LogP contribution is 2.30. The van der Waals surface area contributed by atoms with E-state index in [4.69, 9.17) is 13.9 Å². The van der Waals surface area contributed by atoms with Gasteiger partial charge in [-0.2, -0.15) is 0 Å². The molecule has 0 bridgehead atoms. The van der Waals surface area contributed by atoms with Gasteiger partial charge in [0.25, 0.3) is 5.91 Å². The Kier molecular flexibility index (Phi) is 5.69. The van der Waals surface area contributed by atoms with Crippen molar-refractivity contribution in [1.29, 1.82) is 0 Å². The molecule has 0 aliphatic rings. The third kappa shape index (κ3) is 4.07. The van der Waals surface area contributed by atoms with E-state index < -0.39 is 0 Å². The Balaban J connectivity index is 1.61. The molecule has 0 radical (unpaired) electrons. The van der Waals surface area contributed by atoms with Crippen LogP contribution in [0.5, 0.6) is 11.5 Å². The number of hydrogen-bond donors (Lipinski definition) is 1. The summed E-state index contributed by atoms with van der Waals surface area (Å²) in [5.74, 6) is 1.30. The molecule has 4 rings (SSSR count). The van der Waals surface area contributed by atoms with E-state index in [0.29, 0.717) is 45.0 Å². The van der Waals surface area contributed by atoms with E-state index in [-0.39, 0.29) is 11.3 Å². The van der Waals surface area contributed by atoms with Gasteiger partial charge < -0.3 is 19.2 Å². The maximum atomic E-state index is 12.7. The van der Waals surface area contributed by atoms with Crippen LogP contribution in [0.3, 0.4) is 0 Å². The molecular weight excluding hydrogens is 406 g/mol. The number of fused-ring (bicyclic) bond motifs is 1. The molecule has 1 aromatic heterocycles. The largest absolute Gasteiger partial charge is 0.497 e. The van der Waals surface area contributed by atoms with Crippen LogP contribution in [0, 0.1) is 13.8 Å². The van der Waals surface area contributed by atoms with E-state index in [0.717, 1.165) is 11.1 Å². The summed E-state index contributed by atoms with van der Waals surface area (Å²) in [6, 6.07) is 17.3. The number of methoxy groups -OCH3 is 2. The van der Waals surface area contributed by atoms with Gasteiger partial charge in [0, 0.05) is 23.3 Å². The second-order valence-corrected chi connectivity index (χ2v) is 7.53. The minimum atomic E-state index is -0.286. The molecule has 1 N–H and O–H groups in total. The third-order valence-corrected chi connectivity index (χ3v) is 5.25. The van der Waals surface area contributed by atoms with Gasteiger partial charge in [0.2, 0.25) is 0 Å². The molecule has 0 spiro atoms. The highest BCUT2D eigenvalue weighted by Gasteiger charge is 2.13. The van der Waals surface area contributed by atoms with Crippen LogP contribution in [0.4, 0.5) is 5.69 Å². The Morgan fingerprint density at radius 1 is 0.906 bits per heavy atom. The predicted octanol–water partition coefficient (Wildman–Crippen LogP) is 5.35.